The van der Waals surface area contributed by atoms with Gasteiger partial charge in [-0.2, -0.15) is 0 Å². The van der Waals surface area contributed by atoms with E-state index < -0.39 is 0 Å². The van der Waals surface area contributed by atoms with Crippen molar-refractivity contribution in [2.75, 3.05) is 5.43 Å². The summed E-state index contributed by atoms with van der Waals surface area (Å²) < 4.78 is 1.08. The Morgan fingerprint density at radius 1 is 1.14 bits per heavy atom. The Kier molecular flexibility index (Phi) is 1.58. The van der Waals surface area contributed by atoms with Crippen LogP contribution in [-0.2, 0) is 0 Å². The van der Waals surface area contributed by atoms with Gasteiger partial charge >= 0.3 is 0 Å². The molecule has 3 rings (SSSR count). The molecule has 2 aromatic carbocycles. The van der Waals surface area contributed by atoms with Crippen LogP contribution in [0.3, 0.4) is 0 Å². The first-order valence-electron chi connectivity index (χ1n) is 4.24. The molecule has 0 aromatic heterocycles. The Labute approximate surface area is 88.9 Å². The van der Waals surface area contributed by atoms with Gasteiger partial charge in [0.2, 0.25) is 0 Å². The Hall–Kier alpha value is -1.42. The third-order valence-electron chi connectivity index (χ3n) is 2.29. The molecule has 1 N–H and O–H groups in total. The van der Waals surface area contributed by atoms with Crippen molar-refractivity contribution in [3.63, 3.8) is 0 Å². The quantitative estimate of drug-likeness (QED) is 0.750. The summed E-state index contributed by atoms with van der Waals surface area (Å²) in [6.45, 7) is 0. The van der Waals surface area contributed by atoms with Gasteiger partial charge in [0.05, 0.1) is 11.4 Å². The van der Waals surface area contributed by atoms with Crippen LogP contribution >= 0.6 is 15.9 Å². The Balaban J connectivity index is 2.56. The zero-order chi connectivity index (χ0) is 9.54. The fourth-order valence-electron chi connectivity index (χ4n) is 1.66. The standard InChI is InChI=1S/C10H6BrN3/c11-7-4-5-9-10-6(7)2-1-3-8(10)12-14-13-9/h1-5H,(H,12,13). The first kappa shape index (κ1) is 7.94. The second-order valence-electron chi connectivity index (χ2n) is 3.11. The van der Waals surface area contributed by atoms with Crippen LogP contribution in [0.5, 0.6) is 0 Å². The average molecular weight is 248 g/mol. The van der Waals surface area contributed by atoms with E-state index in [1.165, 1.54) is 0 Å². The van der Waals surface area contributed by atoms with Crippen molar-refractivity contribution < 1.29 is 0 Å². The van der Waals surface area contributed by atoms with E-state index in [1.54, 1.807) is 0 Å². The van der Waals surface area contributed by atoms with Gasteiger partial charge in [0.15, 0.2) is 0 Å². The first-order valence-corrected chi connectivity index (χ1v) is 5.03. The van der Waals surface area contributed by atoms with Crippen LogP contribution in [0.1, 0.15) is 0 Å². The minimum absolute atomic E-state index is 0.914. The number of nitrogens with one attached hydrogen (secondary N) is 1. The number of hydrogen-bond donors (Lipinski definition) is 1. The van der Waals surface area contributed by atoms with Crippen molar-refractivity contribution in [1.29, 1.82) is 0 Å². The summed E-state index contributed by atoms with van der Waals surface area (Å²) in [5.74, 6) is 0. The highest BCUT2D eigenvalue weighted by molar-refractivity contribution is 9.10. The van der Waals surface area contributed by atoms with E-state index in [-0.39, 0.29) is 0 Å². The van der Waals surface area contributed by atoms with Gasteiger partial charge in [-0.15, -0.1) is 5.11 Å². The van der Waals surface area contributed by atoms with Crippen LogP contribution in [0.15, 0.2) is 45.1 Å². The van der Waals surface area contributed by atoms with Crippen LogP contribution in [0, 0.1) is 0 Å². The van der Waals surface area contributed by atoms with Crippen molar-refractivity contribution in [3.8, 4) is 0 Å². The fourth-order valence-corrected chi connectivity index (χ4v) is 2.12. The Morgan fingerprint density at radius 2 is 2.07 bits per heavy atom. The molecule has 0 unspecified atom stereocenters. The van der Waals surface area contributed by atoms with Gasteiger partial charge in [0.1, 0.15) is 0 Å². The molecule has 0 amide bonds. The molecule has 0 radical (unpaired) electrons. The van der Waals surface area contributed by atoms with E-state index in [9.17, 15) is 0 Å². The molecule has 0 aliphatic carbocycles. The lowest BCUT2D eigenvalue weighted by atomic mass is 10.1. The lowest BCUT2D eigenvalue weighted by molar-refractivity contribution is 1.12. The van der Waals surface area contributed by atoms with Crippen molar-refractivity contribution >= 4 is 38.1 Å². The van der Waals surface area contributed by atoms with E-state index in [4.69, 9.17) is 0 Å². The first-order chi connectivity index (χ1) is 6.86. The Bertz CT molecular complexity index is 548. The highest BCUT2D eigenvalue weighted by Crippen LogP contribution is 2.38. The lowest BCUT2D eigenvalue weighted by Crippen LogP contribution is -1.93. The lowest BCUT2D eigenvalue weighted by Gasteiger charge is -2.12. The summed E-state index contributed by atoms with van der Waals surface area (Å²) in [7, 11) is 0. The van der Waals surface area contributed by atoms with Crippen LogP contribution in [-0.4, -0.2) is 0 Å². The van der Waals surface area contributed by atoms with Gasteiger partial charge in [0, 0.05) is 15.2 Å². The molecule has 2 aromatic rings. The van der Waals surface area contributed by atoms with Crippen LogP contribution in [0.2, 0.25) is 0 Å². The molecule has 3 nitrogen and oxygen atoms in total. The van der Waals surface area contributed by atoms with Gasteiger partial charge in [-0.25, -0.2) is 0 Å². The molecule has 0 bridgehead atoms. The minimum Gasteiger partial charge on any atom is -0.259 e. The van der Waals surface area contributed by atoms with Crippen molar-refractivity contribution in [1.82, 2.24) is 0 Å². The predicted octanol–water partition coefficient (Wildman–Crippen LogP) is 4.03. The number of anilines is 1. The van der Waals surface area contributed by atoms with Crippen molar-refractivity contribution in [2.24, 2.45) is 10.3 Å². The maximum atomic E-state index is 4.05. The summed E-state index contributed by atoms with van der Waals surface area (Å²) in [6, 6.07) is 10.0. The maximum Gasteiger partial charge on any atom is 0.0974 e. The second-order valence-corrected chi connectivity index (χ2v) is 3.96. The molecule has 0 spiro atoms. The van der Waals surface area contributed by atoms with Crippen molar-refractivity contribution in [2.45, 2.75) is 0 Å². The third-order valence-corrected chi connectivity index (χ3v) is 2.99. The summed E-state index contributed by atoms with van der Waals surface area (Å²) >= 11 is 3.52. The molecule has 1 aliphatic rings. The summed E-state index contributed by atoms with van der Waals surface area (Å²) in [4.78, 5) is 0. The van der Waals surface area contributed by atoms with Gasteiger partial charge in [-0.05, 0) is 18.2 Å². The van der Waals surface area contributed by atoms with Crippen molar-refractivity contribution in [3.05, 3.63) is 34.8 Å². The number of rotatable bonds is 0. The molecule has 0 saturated carbocycles. The van der Waals surface area contributed by atoms with Crippen LogP contribution < -0.4 is 5.43 Å². The molecule has 0 fully saturated rings. The molecule has 1 heterocycles. The zero-order valence-electron chi connectivity index (χ0n) is 7.16. The highest BCUT2D eigenvalue weighted by Gasteiger charge is 2.11. The molecule has 68 valence electrons. The summed E-state index contributed by atoms with van der Waals surface area (Å²) in [5.41, 5.74) is 4.81. The molecular formula is C10H6BrN3. The average Bonchev–Trinajstić information content (AvgIpc) is 2.24. The van der Waals surface area contributed by atoms with Gasteiger partial charge < -0.3 is 0 Å². The maximum absolute atomic E-state index is 4.05. The van der Waals surface area contributed by atoms with Gasteiger partial charge in [0.25, 0.3) is 0 Å². The number of nitrogens with zero attached hydrogens (tertiary/aromatic N) is 2. The highest BCUT2D eigenvalue weighted by atomic mass is 79.9. The largest absolute Gasteiger partial charge is 0.259 e. The molecule has 0 saturated heterocycles. The predicted molar refractivity (Wildman–Crippen MR) is 59.8 cm³/mol. The van der Waals surface area contributed by atoms with Crippen LogP contribution in [0.25, 0.3) is 10.8 Å². The molecule has 1 aliphatic heterocycles. The molecule has 14 heavy (non-hydrogen) atoms. The fraction of sp³-hybridized carbons (Fsp3) is 0. The summed E-state index contributed by atoms with van der Waals surface area (Å²) in [6.07, 6.45) is 0. The normalized spacial score (nSPS) is 12.9. The molecule has 4 heteroatoms. The number of benzene rings is 2. The second kappa shape index (κ2) is 2.78. The van der Waals surface area contributed by atoms with E-state index in [0.717, 1.165) is 26.6 Å². The Morgan fingerprint density at radius 3 is 3.00 bits per heavy atom. The molecular weight excluding hydrogens is 242 g/mol. The number of halogens is 1. The van der Waals surface area contributed by atoms with E-state index in [0.29, 0.717) is 0 Å². The van der Waals surface area contributed by atoms with Crippen LogP contribution in [0.4, 0.5) is 11.4 Å². The smallest absolute Gasteiger partial charge is 0.0974 e. The number of hydrogen-bond acceptors (Lipinski definition) is 3. The minimum atomic E-state index is 0.914. The van der Waals surface area contributed by atoms with E-state index in [1.807, 2.05) is 24.3 Å². The zero-order valence-corrected chi connectivity index (χ0v) is 8.75. The topological polar surface area (TPSA) is 36.8 Å². The third kappa shape index (κ3) is 0.974. The summed E-state index contributed by atoms with van der Waals surface area (Å²) in [5, 5.41) is 10.2. The van der Waals surface area contributed by atoms with E-state index >= 15 is 0 Å². The monoisotopic (exact) mass is 247 g/mol. The molecule has 0 atom stereocenters. The SMILES string of the molecule is Brc1ccc2c3c(cccc13)N=NN2. The van der Waals surface area contributed by atoms with Gasteiger partial charge in [-0.1, -0.05) is 33.3 Å². The van der Waals surface area contributed by atoms with Gasteiger partial charge in [-0.3, -0.25) is 5.43 Å². The van der Waals surface area contributed by atoms with E-state index in [2.05, 4.69) is 37.8 Å².